The zero-order chi connectivity index (χ0) is 17.1. The molecule has 126 valence electrons. The van der Waals surface area contributed by atoms with E-state index in [0.717, 1.165) is 5.56 Å². The zero-order valence-electron chi connectivity index (χ0n) is 13.8. The summed E-state index contributed by atoms with van der Waals surface area (Å²) in [6.45, 7) is 1.45. The molecule has 3 rings (SSSR count). The number of carboxylic acid groups (broad SMARTS) is 1. The molecule has 2 aromatic rings. The number of aliphatic carboxylic acids is 1. The van der Waals surface area contributed by atoms with Gasteiger partial charge < -0.3 is 10.0 Å². The minimum absolute atomic E-state index is 0.0299. The van der Waals surface area contributed by atoms with Crippen LogP contribution in [0.4, 0.5) is 0 Å². The summed E-state index contributed by atoms with van der Waals surface area (Å²) in [5.41, 5.74) is 1.16. The molecule has 0 spiro atoms. The van der Waals surface area contributed by atoms with Gasteiger partial charge in [-0.2, -0.15) is 0 Å². The van der Waals surface area contributed by atoms with E-state index in [2.05, 4.69) is 24.3 Å². The van der Waals surface area contributed by atoms with Crippen LogP contribution in [0.1, 0.15) is 12.0 Å². The number of hydrogen-bond donors (Lipinski definition) is 1. The highest BCUT2D eigenvalue weighted by Gasteiger charge is 2.31. The average Bonchev–Trinajstić information content (AvgIpc) is 2.59. The summed E-state index contributed by atoms with van der Waals surface area (Å²) in [4.78, 5) is 27.2. The number of nitrogens with zero attached hydrogens (tertiary/aromatic N) is 2. The van der Waals surface area contributed by atoms with Gasteiger partial charge in [0.05, 0.1) is 0 Å². The second kappa shape index (κ2) is 7.01. The Morgan fingerprint density at radius 2 is 1.88 bits per heavy atom. The molecule has 1 N–H and O–H groups in total. The van der Waals surface area contributed by atoms with Gasteiger partial charge in [0, 0.05) is 26.1 Å². The maximum atomic E-state index is 12.5. The molecule has 1 unspecified atom stereocenters. The Bertz CT molecular complexity index is 754. The van der Waals surface area contributed by atoms with Gasteiger partial charge in [-0.25, -0.2) is 0 Å². The number of amides is 1. The number of carbonyl (C=O) groups excluding carboxylic acids is 1. The number of fused-ring (bicyclic) bond motifs is 1. The van der Waals surface area contributed by atoms with Crippen LogP contribution in [-0.4, -0.2) is 59.5 Å². The fourth-order valence-corrected chi connectivity index (χ4v) is 3.28. The monoisotopic (exact) mass is 326 g/mol. The zero-order valence-corrected chi connectivity index (χ0v) is 13.8. The molecule has 1 fully saturated rings. The first kappa shape index (κ1) is 16.5. The highest BCUT2D eigenvalue weighted by Crippen LogP contribution is 2.20. The van der Waals surface area contributed by atoms with Crippen molar-refractivity contribution in [3.8, 4) is 0 Å². The van der Waals surface area contributed by atoms with Crippen molar-refractivity contribution in [3.05, 3.63) is 48.0 Å². The van der Waals surface area contributed by atoms with E-state index in [1.54, 1.807) is 16.8 Å². The predicted octanol–water partition coefficient (Wildman–Crippen LogP) is 2.00. The molecule has 2 aromatic carbocycles. The Labute approximate surface area is 141 Å². The van der Waals surface area contributed by atoms with Gasteiger partial charge in [-0.1, -0.05) is 42.5 Å². The number of likely N-dealkylation sites (N-methyl/N-ethyl adjacent to an activating group) is 1. The predicted molar refractivity (Wildman–Crippen MR) is 92.9 cm³/mol. The molecule has 1 amide bonds. The van der Waals surface area contributed by atoms with Crippen molar-refractivity contribution < 1.29 is 14.7 Å². The van der Waals surface area contributed by atoms with E-state index in [4.69, 9.17) is 0 Å². The van der Waals surface area contributed by atoms with Crippen LogP contribution in [0.3, 0.4) is 0 Å². The maximum absolute atomic E-state index is 12.5. The summed E-state index contributed by atoms with van der Waals surface area (Å²) in [6, 6.07) is 13.7. The van der Waals surface area contributed by atoms with Gasteiger partial charge in [-0.05, 0) is 29.8 Å². The van der Waals surface area contributed by atoms with E-state index < -0.39 is 12.0 Å². The normalized spacial score (nSPS) is 18.7. The van der Waals surface area contributed by atoms with Crippen LogP contribution in [0.2, 0.25) is 0 Å². The number of benzene rings is 2. The fraction of sp³-hybridized carbons (Fsp3) is 0.368. The summed E-state index contributed by atoms with van der Waals surface area (Å²) < 4.78 is 0. The molecule has 1 saturated heterocycles. The quantitative estimate of drug-likeness (QED) is 0.933. The van der Waals surface area contributed by atoms with E-state index in [1.165, 1.54) is 10.8 Å². The first-order chi connectivity index (χ1) is 11.6. The van der Waals surface area contributed by atoms with Crippen LogP contribution >= 0.6 is 0 Å². The van der Waals surface area contributed by atoms with Gasteiger partial charge in [0.25, 0.3) is 0 Å². The number of aryl methyl sites for hydroxylation is 1. The molecular weight excluding hydrogens is 304 g/mol. The highest BCUT2D eigenvalue weighted by atomic mass is 16.4. The molecule has 0 bridgehead atoms. The number of rotatable bonds is 4. The third-order valence-corrected chi connectivity index (χ3v) is 4.77. The second-order valence-corrected chi connectivity index (χ2v) is 6.31. The van der Waals surface area contributed by atoms with Crippen molar-refractivity contribution in [1.29, 1.82) is 0 Å². The van der Waals surface area contributed by atoms with Crippen LogP contribution in [0.25, 0.3) is 10.8 Å². The molecule has 0 aromatic heterocycles. The lowest BCUT2D eigenvalue weighted by Crippen LogP contribution is -2.56. The van der Waals surface area contributed by atoms with Crippen LogP contribution in [0.15, 0.2) is 42.5 Å². The van der Waals surface area contributed by atoms with Crippen molar-refractivity contribution in [1.82, 2.24) is 9.80 Å². The van der Waals surface area contributed by atoms with Crippen LogP contribution < -0.4 is 0 Å². The smallest absolute Gasteiger partial charge is 0.322 e. The Balaban J connectivity index is 1.66. The summed E-state index contributed by atoms with van der Waals surface area (Å²) in [7, 11) is 1.79. The van der Waals surface area contributed by atoms with Gasteiger partial charge in [0.2, 0.25) is 5.91 Å². The number of carboxylic acids is 1. The molecule has 1 heterocycles. The van der Waals surface area contributed by atoms with Crippen molar-refractivity contribution in [2.75, 3.05) is 26.7 Å². The third-order valence-electron chi connectivity index (χ3n) is 4.77. The maximum Gasteiger partial charge on any atom is 0.322 e. The summed E-state index contributed by atoms with van der Waals surface area (Å²) >= 11 is 0. The molecule has 0 radical (unpaired) electrons. The summed E-state index contributed by atoms with van der Waals surface area (Å²) in [6.07, 6.45) is 1.08. The van der Waals surface area contributed by atoms with E-state index >= 15 is 0 Å². The van der Waals surface area contributed by atoms with Crippen LogP contribution in [0.5, 0.6) is 0 Å². The fourth-order valence-electron chi connectivity index (χ4n) is 3.28. The van der Waals surface area contributed by atoms with E-state index in [9.17, 15) is 14.7 Å². The second-order valence-electron chi connectivity index (χ2n) is 6.31. The summed E-state index contributed by atoms with van der Waals surface area (Å²) in [5.74, 6) is -0.841. The Kier molecular flexibility index (Phi) is 4.81. The molecular formula is C19H22N2O3. The van der Waals surface area contributed by atoms with Gasteiger partial charge in [-0.15, -0.1) is 0 Å². The van der Waals surface area contributed by atoms with Crippen molar-refractivity contribution in [2.45, 2.75) is 18.9 Å². The molecule has 0 aliphatic carbocycles. The highest BCUT2D eigenvalue weighted by molar-refractivity contribution is 5.86. The van der Waals surface area contributed by atoms with Gasteiger partial charge >= 0.3 is 5.97 Å². The van der Waals surface area contributed by atoms with E-state index in [1.807, 2.05) is 18.2 Å². The van der Waals surface area contributed by atoms with E-state index in [0.29, 0.717) is 25.9 Å². The minimum atomic E-state index is -0.871. The molecule has 1 atom stereocenters. The lowest BCUT2D eigenvalue weighted by atomic mass is 10.0. The van der Waals surface area contributed by atoms with E-state index in [-0.39, 0.29) is 12.5 Å². The minimum Gasteiger partial charge on any atom is -0.480 e. The lowest BCUT2D eigenvalue weighted by Gasteiger charge is -2.37. The first-order valence-electron chi connectivity index (χ1n) is 8.23. The van der Waals surface area contributed by atoms with Crippen molar-refractivity contribution in [3.63, 3.8) is 0 Å². The number of hydrogen-bond acceptors (Lipinski definition) is 3. The lowest BCUT2D eigenvalue weighted by molar-refractivity contribution is -0.147. The average molecular weight is 326 g/mol. The Morgan fingerprint density at radius 3 is 2.67 bits per heavy atom. The molecule has 5 heteroatoms. The Morgan fingerprint density at radius 1 is 1.12 bits per heavy atom. The Hall–Kier alpha value is -2.40. The van der Waals surface area contributed by atoms with Crippen molar-refractivity contribution in [2.24, 2.45) is 0 Å². The molecule has 1 aliphatic rings. The first-order valence-corrected chi connectivity index (χ1v) is 8.23. The van der Waals surface area contributed by atoms with Crippen molar-refractivity contribution >= 4 is 22.6 Å². The topological polar surface area (TPSA) is 60.9 Å². The molecule has 24 heavy (non-hydrogen) atoms. The largest absolute Gasteiger partial charge is 0.480 e. The summed E-state index contributed by atoms with van der Waals surface area (Å²) in [5, 5.41) is 11.6. The molecule has 5 nitrogen and oxygen atoms in total. The van der Waals surface area contributed by atoms with Gasteiger partial charge in [-0.3, -0.25) is 14.5 Å². The van der Waals surface area contributed by atoms with Gasteiger partial charge in [0.15, 0.2) is 0 Å². The van der Waals surface area contributed by atoms with Crippen LogP contribution in [-0.2, 0) is 16.0 Å². The third kappa shape index (κ3) is 3.41. The molecule has 0 saturated carbocycles. The van der Waals surface area contributed by atoms with Gasteiger partial charge in [0.1, 0.15) is 6.04 Å². The molecule has 1 aliphatic heterocycles. The number of piperazine rings is 1. The number of carbonyl (C=O) groups is 2. The van der Waals surface area contributed by atoms with Crippen LogP contribution in [0, 0.1) is 0 Å². The SMILES string of the molecule is CN1CCN(C(=O)CCc2cccc3ccccc23)CC1C(=O)O. The standard InChI is InChI=1S/C19H22N2O3/c1-20-11-12-21(13-17(20)19(23)24)18(22)10-9-15-7-4-6-14-5-2-3-8-16(14)15/h2-8,17H,9-13H2,1H3,(H,23,24).